The summed E-state index contributed by atoms with van der Waals surface area (Å²) in [5.74, 6) is 6.60. The molecule has 2 rings (SSSR count). The molecular formula is C11H19N5. The van der Waals surface area contributed by atoms with Crippen molar-refractivity contribution in [3.63, 3.8) is 0 Å². The van der Waals surface area contributed by atoms with E-state index in [1.54, 1.807) is 0 Å². The molecule has 1 aliphatic carbocycles. The third kappa shape index (κ3) is 2.41. The fourth-order valence-electron chi connectivity index (χ4n) is 1.98. The molecule has 0 atom stereocenters. The zero-order valence-corrected chi connectivity index (χ0v) is 9.88. The van der Waals surface area contributed by atoms with Crippen LogP contribution in [0.2, 0.25) is 0 Å². The van der Waals surface area contributed by atoms with Gasteiger partial charge in [-0.05, 0) is 25.2 Å². The van der Waals surface area contributed by atoms with Gasteiger partial charge < -0.3 is 5.32 Å². The van der Waals surface area contributed by atoms with E-state index in [1.807, 2.05) is 13.0 Å². The second-order valence-electron chi connectivity index (χ2n) is 4.88. The van der Waals surface area contributed by atoms with Crippen molar-refractivity contribution >= 4 is 11.8 Å². The van der Waals surface area contributed by atoms with E-state index in [9.17, 15) is 0 Å². The van der Waals surface area contributed by atoms with Gasteiger partial charge in [0.2, 0.25) is 5.95 Å². The standard InChI is InChI=1S/C11H19N5/c1-8-6-9(15-10(14-8)16-12)13-7-11(2)4-3-5-11/h6H,3-5,7,12H2,1-2H3,(H2,13,14,15,16). The average Bonchev–Trinajstić information content (AvgIpc) is 2.23. The number of hydrazine groups is 1. The quantitative estimate of drug-likeness (QED) is 0.532. The number of aromatic nitrogens is 2. The first kappa shape index (κ1) is 11.1. The van der Waals surface area contributed by atoms with Gasteiger partial charge in [0.1, 0.15) is 5.82 Å². The molecule has 4 N–H and O–H groups in total. The first-order chi connectivity index (χ1) is 7.61. The molecule has 1 saturated carbocycles. The van der Waals surface area contributed by atoms with Crippen LogP contribution in [0.15, 0.2) is 6.07 Å². The predicted molar refractivity (Wildman–Crippen MR) is 65.0 cm³/mol. The van der Waals surface area contributed by atoms with E-state index in [2.05, 4.69) is 27.6 Å². The highest BCUT2D eigenvalue weighted by molar-refractivity contribution is 5.41. The Morgan fingerprint density at radius 1 is 1.44 bits per heavy atom. The molecule has 0 radical (unpaired) electrons. The molecule has 0 aromatic carbocycles. The van der Waals surface area contributed by atoms with Gasteiger partial charge in [0.25, 0.3) is 0 Å². The van der Waals surface area contributed by atoms with Gasteiger partial charge in [-0.1, -0.05) is 13.3 Å². The monoisotopic (exact) mass is 221 g/mol. The molecule has 0 spiro atoms. The molecule has 0 aliphatic heterocycles. The molecule has 0 unspecified atom stereocenters. The van der Waals surface area contributed by atoms with Crippen LogP contribution >= 0.6 is 0 Å². The summed E-state index contributed by atoms with van der Waals surface area (Å²) in [7, 11) is 0. The van der Waals surface area contributed by atoms with Crippen molar-refractivity contribution in [2.45, 2.75) is 33.1 Å². The average molecular weight is 221 g/mol. The molecule has 5 heteroatoms. The molecule has 1 heterocycles. The Labute approximate surface area is 95.8 Å². The number of nitrogens with one attached hydrogen (secondary N) is 2. The van der Waals surface area contributed by atoms with Crippen molar-refractivity contribution in [1.29, 1.82) is 0 Å². The highest BCUT2D eigenvalue weighted by Gasteiger charge is 2.31. The smallest absolute Gasteiger partial charge is 0.239 e. The van der Waals surface area contributed by atoms with Crippen molar-refractivity contribution in [2.24, 2.45) is 11.3 Å². The normalized spacial score (nSPS) is 17.7. The van der Waals surface area contributed by atoms with E-state index in [0.29, 0.717) is 11.4 Å². The van der Waals surface area contributed by atoms with Crippen LogP contribution in [-0.2, 0) is 0 Å². The third-order valence-corrected chi connectivity index (χ3v) is 3.24. The zero-order chi connectivity index (χ0) is 11.6. The van der Waals surface area contributed by atoms with Crippen LogP contribution in [0.1, 0.15) is 31.9 Å². The SMILES string of the molecule is Cc1cc(NCC2(C)CCC2)nc(NN)n1. The van der Waals surface area contributed by atoms with Gasteiger partial charge in [-0.3, -0.25) is 5.43 Å². The second-order valence-corrected chi connectivity index (χ2v) is 4.88. The van der Waals surface area contributed by atoms with Gasteiger partial charge in [-0.2, -0.15) is 4.98 Å². The fourth-order valence-corrected chi connectivity index (χ4v) is 1.98. The summed E-state index contributed by atoms with van der Waals surface area (Å²) >= 11 is 0. The van der Waals surface area contributed by atoms with Crippen molar-refractivity contribution in [2.75, 3.05) is 17.3 Å². The Bertz CT molecular complexity index is 373. The van der Waals surface area contributed by atoms with Gasteiger partial charge in [0.05, 0.1) is 0 Å². The lowest BCUT2D eigenvalue weighted by Crippen LogP contribution is -2.33. The Morgan fingerprint density at radius 3 is 2.75 bits per heavy atom. The zero-order valence-electron chi connectivity index (χ0n) is 9.88. The molecule has 5 nitrogen and oxygen atoms in total. The second kappa shape index (κ2) is 4.25. The van der Waals surface area contributed by atoms with Crippen LogP contribution in [0.3, 0.4) is 0 Å². The van der Waals surface area contributed by atoms with Gasteiger partial charge >= 0.3 is 0 Å². The van der Waals surface area contributed by atoms with Crippen molar-refractivity contribution in [1.82, 2.24) is 9.97 Å². The highest BCUT2D eigenvalue weighted by atomic mass is 15.3. The van der Waals surface area contributed by atoms with Gasteiger partial charge in [-0.15, -0.1) is 0 Å². The van der Waals surface area contributed by atoms with Crippen molar-refractivity contribution in [3.8, 4) is 0 Å². The van der Waals surface area contributed by atoms with Gasteiger partial charge in [-0.25, -0.2) is 10.8 Å². The minimum absolute atomic E-state index is 0.440. The van der Waals surface area contributed by atoms with Crippen LogP contribution < -0.4 is 16.6 Å². The first-order valence-corrected chi connectivity index (χ1v) is 5.67. The minimum atomic E-state index is 0.440. The first-order valence-electron chi connectivity index (χ1n) is 5.67. The highest BCUT2D eigenvalue weighted by Crippen LogP contribution is 2.40. The van der Waals surface area contributed by atoms with Crippen LogP contribution in [0, 0.1) is 12.3 Å². The maximum Gasteiger partial charge on any atom is 0.239 e. The summed E-state index contributed by atoms with van der Waals surface area (Å²) in [5.41, 5.74) is 3.82. The van der Waals surface area contributed by atoms with Crippen LogP contribution in [0.4, 0.5) is 11.8 Å². The van der Waals surface area contributed by atoms with Gasteiger partial charge in [0.15, 0.2) is 0 Å². The van der Waals surface area contributed by atoms with Crippen LogP contribution in [0.5, 0.6) is 0 Å². The number of anilines is 2. The molecule has 1 aliphatic rings. The number of hydrogen-bond acceptors (Lipinski definition) is 5. The van der Waals surface area contributed by atoms with Crippen molar-refractivity contribution < 1.29 is 0 Å². The molecule has 1 aromatic heterocycles. The molecule has 1 aromatic rings. The lowest BCUT2D eigenvalue weighted by molar-refractivity contribution is 0.180. The number of nitrogen functional groups attached to an aromatic ring is 1. The molecule has 16 heavy (non-hydrogen) atoms. The third-order valence-electron chi connectivity index (χ3n) is 3.24. The van der Waals surface area contributed by atoms with E-state index in [-0.39, 0.29) is 0 Å². The summed E-state index contributed by atoms with van der Waals surface area (Å²) in [6, 6.07) is 1.93. The molecule has 0 amide bonds. The number of hydrogen-bond donors (Lipinski definition) is 3. The fraction of sp³-hybridized carbons (Fsp3) is 0.636. The lowest BCUT2D eigenvalue weighted by Gasteiger charge is -2.38. The molecule has 88 valence electrons. The van der Waals surface area contributed by atoms with E-state index in [1.165, 1.54) is 19.3 Å². The van der Waals surface area contributed by atoms with E-state index in [4.69, 9.17) is 5.84 Å². The largest absolute Gasteiger partial charge is 0.369 e. The Kier molecular flexibility index (Phi) is 2.96. The maximum absolute atomic E-state index is 5.30. The Hall–Kier alpha value is -1.36. The molecule has 0 bridgehead atoms. The van der Waals surface area contributed by atoms with Gasteiger partial charge in [0, 0.05) is 18.3 Å². The lowest BCUT2D eigenvalue weighted by atomic mass is 9.70. The Morgan fingerprint density at radius 2 is 2.19 bits per heavy atom. The summed E-state index contributed by atoms with van der Waals surface area (Å²) in [6.07, 6.45) is 3.94. The van der Waals surface area contributed by atoms with Crippen LogP contribution in [-0.4, -0.2) is 16.5 Å². The van der Waals surface area contributed by atoms with E-state index >= 15 is 0 Å². The summed E-state index contributed by atoms with van der Waals surface area (Å²) in [6.45, 7) is 5.20. The molecule has 1 fully saturated rings. The minimum Gasteiger partial charge on any atom is -0.369 e. The Balaban J connectivity index is 2.00. The van der Waals surface area contributed by atoms with Crippen LogP contribution in [0.25, 0.3) is 0 Å². The number of aryl methyl sites for hydroxylation is 1. The van der Waals surface area contributed by atoms with E-state index in [0.717, 1.165) is 18.1 Å². The molecular weight excluding hydrogens is 202 g/mol. The number of nitrogens with two attached hydrogens (primary N) is 1. The number of rotatable bonds is 4. The summed E-state index contributed by atoms with van der Waals surface area (Å²) in [5, 5.41) is 3.36. The maximum atomic E-state index is 5.30. The summed E-state index contributed by atoms with van der Waals surface area (Å²) in [4.78, 5) is 8.40. The topological polar surface area (TPSA) is 75.9 Å². The number of nitrogens with zero attached hydrogens (tertiary/aromatic N) is 2. The summed E-state index contributed by atoms with van der Waals surface area (Å²) < 4.78 is 0. The van der Waals surface area contributed by atoms with Crippen molar-refractivity contribution in [3.05, 3.63) is 11.8 Å². The molecule has 0 saturated heterocycles. The predicted octanol–water partition coefficient (Wildman–Crippen LogP) is 1.67. The van der Waals surface area contributed by atoms with E-state index < -0.39 is 0 Å².